The van der Waals surface area contributed by atoms with Crippen LogP contribution < -0.4 is 0 Å². The number of hydrogen-bond donors (Lipinski definition) is 0. The maximum Gasteiger partial charge on any atom is 0.329 e. The zero-order valence-corrected chi connectivity index (χ0v) is 19.5. The van der Waals surface area contributed by atoms with Crippen molar-refractivity contribution in [3.05, 3.63) is 48.0 Å². The standard InChI is InChI=1S/C24H31NO7/c1-15(2)24(31-16(3)26)14-25(21(28)17-11-9-8-10-12-17)20(22(29)30-7)18(24)13-19(27)32-23(4,5)6/h8-12,18,20H,1,13-14H2,2-7H3/t18-,20+,24?/m1/s1. The molecule has 2 rings (SSSR count). The number of esters is 3. The van der Waals surface area contributed by atoms with Crippen LogP contribution in [0.3, 0.4) is 0 Å². The second-order valence-electron chi connectivity index (χ2n) is 8.93. The van der Waals surface area contributed by atoms with Gasteiger partial charge in [-0.05, 0) is 45.4 Å². The van der Waals surface area contributed by atoms with E-state index >= 15 is 0 Å². The Bertz CT molecular complexity index is 903. The molecule has 1 aliphatic rings. The maximum absolute atomic E-state index is 13.4. The average Bonchev–Trinajstić information content (AvgIpc) is 3.00. The summed E-state index contributed by atoms with van der Waals surface area (Å²) in [7, 11) is 1.20. The quantitative estimate of drug-likeness (QED) is 0.377. The Labute approximate surface area is 188 Å². The second kappa shape index (κ2) is 9.54. The summed E-state index contributed by atoms with van der Waals surface area (Å²) >= 11 is 0. The Balaban J connectivity index is 2.61. The van der Waals surface area contributed by atoms with Crippen molar-refractivity contribution >= 4 is 23.8 Å². The number of methoxy groups -OCH3 is 1. The Morgan fingerprint density at radius 3 is 2.19 bits per heavy atom. The van der Waals surface area contributed by atoms with Gasteiger partial charge in [-0.1, -0.05) is 24.8 Å². The molecule has 3 atom stereocenters. The Hall–Kier alpha value is -3.16. The molecule has 1 aromatic rings. The number of rotatable bonds is 6. The first-order valence-corrected chi connectivity index (χ1v) is 10.3. The third-order valence-electron chi connectivity index (χ3n) is 5.30. The lowest BCUT2D eigenvalue weighted by atomic mass is 9.79. The number of carbonyl (C=O) groups excluding carboxylic acids is 4. The highest BCUT2D eigenvalue weighted by atomic mass is 16.6. The lowest BCUT2D eigenvalue weighted by molar-refractivity contribution is -0.166. The van der Waals surface area contributed by atoms with Gasteiger partial charge in [0.05, 0.1) is 20.1 Å². The van der Waals surface area contributed by atoms with Crippen LogP contribution in [0.25, 0.3) is 0 Å². The van der Waals surface area contributed by atoms with E-state index in [-0.39, 0.29) is 13.0 Å². The maximum atomic E-state index is 13.4. The van der Waals surface area contributed by atoms with Crippen molar-refractivity contribution in [3.8, 4) is 0 Å². The van der Waals surface area contributed by atoms with Gasteiger partial charge in [0.2, 0.25) is 0 Å². The minimum atomic E-state index is -1.47. The first kappa shape index (κ1) is 25.1. The molecular weight excluding hydrogens is 414 g/mol. The summed E-state index contributed by atoms with van der Waals surface area (Å²) in [6.45, 7) is 11.8. The van der Waals surface area contributed by atoms with Crippen molar-refractivity contribution in [1.29, 1.82) is 0 Å². The molecule has 0 spiro atoms. The van der Waals surface area contributed by atoms with Gasteiger partial charge in [-0.25, -0.2) is 4.79 Å². The molecule has 1 aliphatic heterocycles. The van der Waals surface area contributed by atoms with Gasteiger partial charge >= 0.3 is 17.9 Å². The van der Waals surface area contributed by atoms with E-state index in [2.05, 4.69) is 6.58 Å². The summed E-state index contributed by atoms with van der Waals surface area (Å²) in [4.78, 5) is 52.4. The third kappa shape index (κ3) is 5.36. The van der Waals surface area contributed by atoms with E-state index in [1.807, 2.05) is 0 Å². The van der Waals surface area contributed by atoms with E-state index in [1.165, 1.54) is 18.9 Å². The van der Waals surface area contributed by atoms with Gasteiger partial charge in [-0.3, -0.25) is 14.4 Å². The monoisotopic (exact) mass is 445 g/mol. The zero-order valence-electron chi connectivity index (χ0n) is 19.5. The lowest BCUT2D eigenvalue weighted by Crippen LogP contribution is -2.47. The molecule has 0 N–H and O–H groups in total. The number of hydrogen-bond acceptors (Lipinski definition) is 7. The number of amides is 1. The van der Waals surface area contributed by atoms with Crippen molar-refractivity contribution in [2.75, 3.05) is 13.7 Å². The number of carbonyl (C=O) groups is 4. The molecule has 32 heavy (non-hydrogen) atoms. The van der Waals surface area contributed by atoms with Crippen molar-refractivity contribution in [1.82, 2.24) is 4.90 Å². The number of nitrogens with zero attached hydrogens (tertiary/aromatic N) is 1. The minimum absolute atomic E-state index is 0.150. The van der Waals surface area contributed by atoms with Gasteiger partial charge in [-0.2, -0.15) is 0 Å². The summed E-state index contributed by atoms with van der Waals surface area (Å²) in [5, 5.41) is 0. The third-order valence-corrected chi connectivity index (χ3v) is 5.30. The molecular formula is C24H31NO7. The van der Waals surface area contributed by atoms with Gasteiger partial charge < -0.3 is 19.1 Å². The molecule has 0 aliphatic carbocycles. The van der Waals surface area contributed by atoms with Crippen LogP contribution in [0, 0.1) is 5.92 Å². The molecule has 1 heterocycles. The molecule has 1 aromatic carbocycles. The molecule has 1 amide bonds. The highest BCUT2D eigenvalue weighted by Crippen LogP contribution is 2.44. The van der Waals surface area contributed by atoms with E-state index in [1.54, 1.807) is 58.0 Å². The van der Waals surface area contributed by atoms with Crippen LogP contribution in [-0.4, -0.2) is 59.6 Å². The van der Waals surface area contributed by atoms with Crippen LogP contribution >= 0.6 is 0 Å². The molecule has 0 saturated carbocycles. The van der Waals surface area contributed by atoms with Gasteiger partial charge in [-0.15, -0.1) is 0 Å². The number of ether oxygens (including phenoxy) is 3. The zero-order chi connectivity index (χ0) is 24.3. The fourth-order valence-electron chi connectivity index (χ4n) is 4.04. The van der Waals surface area contributed by atoms with E-state index < -0.39 is 47.0 Å². The van der Waals surface area contributed by atoms with Crippen molar-refractivity contribution in [3.63, 3.8) is 0 Å². The summed E-state index contributed by atoms with van der Waals surface area (Å²) < 4.78 is 16.1. The predicted octanol–water partition coefficient (Wildman–Crippen LogP) is 2.91. The van der Waals surface area contributed by atoms with Crippen molar-refractivity contribution in [2.45, 2.75) is 58.3 Å². The highest BCUT2D eigenvalue weighted by molar-refractivity contribution is 5.98. The average molecular weight is 446 g/mol. The van der Waals surface area contributed by atoms with Crippen LogP contribution in [0.15, 0.2) is 42.5 Å². The van der Waals surface area contributed by atoms with Gasteiger partial charge in [0.1, 0.15) is 11.6 Å². The van der Waals surface area contributed by atoms with E-state index in [4.69, 9.17) is 14.2 Å². The fourth-order valence-corrected chi connectivity index (χ4v) is 4.04. The molecule has 8 heteroatoms. The molecule has 1 fully saturated rings. The van der Waals surface area contributed by atoms with Crippen molar-refractivity contribution < 1.29 is 33.4 Å². The molecule has 174 valence electrons. The minimum Gasteiger partial charge on any atom is -0.467 e. The summed E-state index contributed by atoms with van der Waals surface area (Å²) in [6, 6.07) is 7.22. The van der Waals surface area contributed by atoms with Crippen LogP contribution in [-0.2, 0) is 28.6 Å². The predicted molar refractivity (Wildman–Crippen MR) is 117 cm³/mol. The normalized spacial score (nSPS) is 22.8. The van der Waals surface area contributed by atoms with E-state index in [0.29, 0.717) is 11.1 Å². The SMILES string of the molecule is C=C(C)C1(OC(C)=O)CN(C(=O)c2ccccc2)[C@H](C(=O)OC)[C@H]1CC(=O)OC(C)(C)C. The highest BCUT2D eigenvalue weighted by Gasteiger charge is 2.60. The molecule has 8 nitrogen and oxygen atoms in total. The number of likely N-dealkylation sites (tertiary alicyclic amines) is 1. The number of benzene rings is 1. The Kier molecular flexibility index (Phi) is 7.49. The first-order chi connectivity index (χ1) is 14.8. The smallest absolute Gasteiger partial charge is 0.329 e. The van der Waals surface area contributed by atoms with Crippen LogP contribution in [0.4, 0.5) is 0 Å². The summed E-state index contributed by atoms with van der Waals surface area (Å²) in [5.74, 6) is -3.34. The van der Waals surface area contributed by atoms with Gasteiger partial charge in [0.15, 0.2) is 5.60 Å². The van der Waals surface area contributed by atoms with Crippen LogP contribution in [0.5, 0.6) is 0 Å². The van der Waals surface area contributed by atoms with E-state index in [9.17, 15) is 19.2 Å². The second-order valence-corrected chi connectivity index (χ2v) is 8.93. The Morgan fingerprint density at radius 2 is 1.72 bits per heavy atom. The van der Waals surface area contributed by atoms with E-state index in [0.717, 1.165) is 0 Å². The van der Waals surface area contributed by atoms with Gasteiger partial charge in [0, 0.05) is 18.4 Å². The Morgan fingerprint density at radius 1 is 1.12 bits per heavy atom. The molecule has 0 radical (unpaired) electrons. The molecule has 1 saturated heterocycles. The largest absolute Gasteiger partial charge is 0.467 e. The van der Waals surface area contributed by atoms with Crippen molar-refractivity contribution in [2.24, 2.45) is 5.92 Å². The summed E-state index contributed by atoms with van der Waals surface area (Å²) in [6.07, 6.45) is -0.282. The molecule has 0 aromatic heterocycles. The van der Waals surface area contributed by atoms with Crippen LogP contribution in [0.2, 0.25) is 0 Å². The fraction of sp³-hybridized carbons (Fsp3) is 0.500. The topological polar surface area (TPSA) is 99.2 Å². The van der Waals surface area contributed by atoms with Crippen LogP contribution in [0.1, 0.15) is 51.4 Å². The van der Waals surface area contributed by atoms with Gasteiger partial charge in [0.25, 0.3) is 5.91 Å². The summed E-state index contributed by atoms with van der Waals surface area (Å²) in [5.41, 5.74) is -1.48. The molecule has 1 unspecified atom stereocenters. The lowest BCUT2D eigenvalue weighted by Gasteiger charge is -2.35. The molecule has 0 bridgehead atoms. The first-order valence-electron chi connectivity index (χ1n) is 10.3.